The van der Waals surface area contributed by atoms with Gasteiger partial charge in [-0.05, 0) is 18.6 Å². The molecule has 0 fully saturated rings. The lowest BCUT2D eigenvalue weighted by Crippen LogP contribution is -2.10. The van der Waals surface area contributed by atoms with Crippen molar-refractivity contribution in [2.45, 2.75) is 24.7 Å². The van der Waals surface area contributed by atoms with Gasteiger partial charge in [0.15, 0.2) is 0 Å². The molecule has 1 aromatic rings. The first kappa shape index (κ1) is 14.5. The van der Waals surface area contributed by atoms with E-state index >= 15 is 0 Å². The number of halogens is 2. The fraction of sp³-hybridized carbons (Fsp3) is 0.333. The molecule has 96 valence electrons. The average Bonchev–Trinajstić information content (AvgIpc) is 2.29. The van der Waals surface area contributed by atoms with E-state index in [1.807, 2.05) is 0 Å². The zero-order chi connectivity index (χ0) is 13.7. The molecule has 0 aromatic heterocycles. The van der Waals surface area contributed by atoms with Crippen molar-refractivity contribution in [2.75, 3.05) is 6.61 Å². The number of hydrogen-bond acceptors (Lipinski definition) is 4. The molecule has 0 saturated heterocycles. The molecule has 0 atom stereocenters. The molecule has 0 amide bonds. The quantitative estimate of drug-likeness (QED) is 0.676. The SMILES string of the molecule is CCOC(=O)Cc1ccc(C#N)c(S)c1C(F)F. The maximum atomic E-state index is 12.9. The van der Waals surface area contributed by atoms with Gasteiger partial charge >= 0.3 is 5.97 Å². The van der Waals surface area contributed by atoms with E-state index in [1.54, 1.807) is 13.0 Å². The van der Waals surface area contributed by atoms with Gasteiger partial charge in [0.05, 0.1) is 18.6 Å². The molecule has 0 N–H and O–H groups in total. The van der Waals surface area contributed by atoms with Gasteiger partial charge in [0, 0.05) is 10.5 Å². The van der Waals surface area contributed by atoms with Crippen LogP contribution in [-0.4, -0.2) is 12.6 Å². The van der Waals surface area contributed by atoms with Crippen LogP contribution in [0.15, 0.2) is 17.0 Å². The Hall–Kier alpha value is -1.61. The lowest BCUT2D eigenvalue weighted by molar-refractivity contribution is -0.142. The number of hydrogen-bond donors (Lipinski definition) is 1. The van der Waals surface area contributed by atoms with Crippen molar-refractivity contribution in [3.05, 3.63) is 28.8 Å². The van der Waals surface area contributed by atoms with E-state index in [1.165, 1.54) is 12.1 Å². The Labute approximate surface area is 109 Å². The van der Waals surface area contributed by atoms with Crippen LogP contribution in [0, 0.1) is 11.3 Å². The second-order valence-electron chi connectivity index (χ2n) is 3.43. The predicted octanol–water partition coefficient (Wildman–Crippen LogP) is 2.89. The molecule has 0 aliphatic rings. The van der Waals surface area contributed by atoms with E-state index in [2.05, 4.69) is 12.6 Å². The minimum Gasteiger partial charge on any atom is -0.466 e. The largest absolute Gasteiger partial charge is 0.466 e. The van der Waals surface area contributed by atoms with Gasteiger partial charge in [-0.15, -0.1) is 12.6 Å². The van der Waals surface area contributed by atoms with Gasteiger partial charge in [-0.25, -0.2) is 8.78 Å². The number of nitrogens with zero attached hydrogens (tertiary/aromatic N) is 1. The summed E-state index contributed by atoms with van der Waals surface area (Å²) in [4.78, 5) is 11.2. The van der Waals surface area contributed by atoms with Crippen molar-refractivity contribution in [3.8, 4) is 6.07 Å². The molecule has 18 heavy (non-hydrogen) atoms. The molecule has 0 aliphatic heterocycles. The van der Waals surface area contributed by atoms with Crippen molar-refractivity contribution in [1.82, 2.24) is 0 Å². The summed E-state index contributed by atoms with van der Waals surface area (Å²) in [7, 11) is 0. The molecule has 6 heteroatoms. The van der Waals surface area contributed by atoms with E-state index < -0.39 is 12.4 Å². The normalized spacial score (nSPS) is 10.2. The fourth-order valence-corrected chi connectivity index (χ4v) is 1.87. The average molecular weight is 271 g/mol. The first-order chi connectivity index (χ1) is 8.51. The summed E-state index contributed by atoms with van der Waals surface area (Å²) in [6.45, 7) is 1.82. The summed E-state index contributed by atoms with van der Waals surface area (Å²) >= 11 is 3.92. The van der Waals surface area contributed by atoms with Gasteiger partial charge in [-0.2, -0.15) is 5.26 Å². The summed E-state index contributed by atoms with van der Waals surface area (Å²) in [5, 5.41) is 8.75. The number of carbonyl (C=O) groups is 1. The Morgan fingerprint density at radius 2 is 2.22 bits per heavy atom. The molecular formula is C12H11F2NO2S. The lowest BCUT2D eigenvalue weighted by Gasteiger charge is -2.12. The van der Waals surface area contributed by atoms with E-state index in [-0.39, 0.29) is 34.6 Å². The fourth-order valence-electron chi connectivity index (χ4n) is 1.51. The molecule has 0 heterocycles. The van der Waals surface area contributed by atoms with Gasteiger partial charge in [0.2, 0.25) is 0 Å². The van der Waals surface area contributed by atoms with E-state index in [0.717, 1.165) is 0 Å². The highest BCUT2D eigenvalue weighted by molar-refractivity contribution is 7.80. The number of benzene rings is 1. The monoisotopic (exact) mass is 271 g/mol. The molecular weight excluding hydrogens is 260 g/mol. The number of ether oxygens (including phenoxy) is 1. The van der Waals surface area contributed by atoms with Crippen LogP contribution < -0.4 is 0 Å². The van der Waals surface area contributed by atoms with E-state index in [4.69, 9.17) is 10.00 Å². The van der Waals surface area contributed by atoms with Gasteiger partial charge in [-0.1, -0.05) is 6.07 Å². The van der Waals surface area contributed by atoms with Crippen molar-refractivity contribution < 1.29 is 18.3 Å². The van der Waals surface area contributed by atoms with Gasteiger partial charge in [0.1, 0.15) is 6.07 Å². The Kier molecular flexibility index (Phi) is 5.10. The third-order valence-corrected chi connectivity index (χ3v) is 2.77. The maximum Gasteiger partial charge on any atom is 0.310 e. The molecule has 0 bridgehead atoms. The topological polar surface area (TPSA) is 50.1 Å². The summed E-state index contributed by atoms with van der Waals surface area (Å²) < 4.78 is 30.6. The summed E-state index contributed by atoms with van der Waals surface area (Å²) in [6.07, 6.45) is -3.05. The Bertz CT molecular complexity index is 498. The van der Waals surface area contributed by atoms with Crippen LogP contribution in [0.1, 0.15) is 30.0 Å². The minimum absolute atomic E-state index is 0.0567. The van der Waals surface area contributed by atoms with E-state index in [0.29, 0.717) is 0 Å². The summed E-state index contributed by atoms with van der Waals surface area (Å²) in [5.74, 6) is -0.586. The second kappa shape index (κ2) is 6.36. The molecule has 0 saturated carbocycles. The molecule has 0 aliphatic carbocycles. The van der Waals surface area contributed by atoms with Crippen LogP contribution in [0.4, 0.5) is 8.78 Å². The number of thiol groups is 1. The van der Waals surface area contributed by atoms with Gasteiger partial charge in [-0.3, -0.25) is 4.79 Å². The van der Waals surface area contributed by atoms with Crippen LogP contribution >= 0.6 is 12.6 Å². The van der Waals surface area contributed by atoms with E-state index in [9.17, 15) is 13.6 Å². The lowest BCUT2D eigenvalue weighted by atomic mass is 10.0. The highest BCUT2D eigenvalue weighted by atomic mass is 32.1. The van der Waals surface area contributed by atoms with Crippen LogP contribution in [0.3, 0.4) is 0 Å². The van der Waals surface area contributed by atoms with Crippen molar-refractivity contribution in [1.29, 1.82) is 5.26 Å². The zero-order valence-corrected chi connectivity index (χ0v) is 10.5. The van der Waals surface area contributed by atoms with Crippen LogP contribution in [0.25, 0.3) is 0 Å². The standard InChI is InChI=1S/C12H11F2NO2S/c1-2-17-9(16)5-7-3-4-8(6-15)11(18)10(7)12(13)14/h3-4,12,18H,2,5H2,1H3. The smallest absolute Gasteiger partial charge is 0.310 e. The Morgan fingerprint density at radius 3 is 2.72 bits per heavy atom. The second-order valence-corrected chi connectivity index (χ2v) is 3.88. The number of nitriles is 1. The highest BCUT2D eigenvalue weighted by Gasteiger charge is 2.20. The predicted molar refractivity (Wildman–Crippen MR) is 63.7 cm³/mol. The maximum absolute atomic E-state index is 12.9. The van der Waals surface area contributed by atoms with Crippen molar-refractivity contribution >= 4 is 18.6 Å². The molecule has 1 rings (SSSR count). The van der Waals surface area contributed by atoms with Crippen LogP contribution in [0.5, 0.6) is 0 Å². The molecule has 0 radical (unpaired) electrons. The first-order valence-corrected chi connectivity index (χ1v) is 5.64. The third-order valence-electron chi connectivity index (χ3n) is 2.29. The van der Waals surface area contributed by atoms with Gasteiger partial charge in [0.25, 0.3) is 6.43 Å². The Balaban J connectivity index is 3.17. The van der Waals surface area contributed by atoms with Crippen molar-refractivity contribution in [3.63, 3.8) is 0 Å². The number of esters is 1. The minimum atomic E-state index is -2.80. The molecule has 0 unspecified atom stereocenters. The number of alkyl halides is 2. The van der Waals surface area contributed by atoms with Crippen molar-refractivity contribution in [2.24, 2.45) is 0 Å². The molecule has 0 spiro atoms. The Morgan fingerprint density at radius 1 is 1.56 bits per heavy atom. The molecule has 1 aromatic carbocycles. The first-order valence-electron chi connectivity index (χ1n) is 5.19. The summed E-state index contributed by atoms with van der Waals surface area (Å²) in [5.41, 5.74) is -0.195. The van der Waals surface area contributed by atoms with Crippen LogP contribution in [0.2, 0.25) is 0 Å². The number of carbonyl (C=O) groups excluding carboxylic acids is 1. The van der Waals surface area contributed by atoms with Gasteiger partial charge < -0.3 is 4.74 Å². The molecule has 3 nitrogen and oxygen atoms in total. The van der Waals surface area contributed by atoms with Crippen LogP contribution in [-0.2, 0) is 16.0 Å². The summed E-state index contributed by atoms with van der Waals surface area (Å²) in [6, 6.07) is 4.46. The number of rotatable bonds is 4. The third kappa shape index (κ3) is 3.20. The highest BCUT2D eigenvalue weighted by Crippen LogP contribution is 2.32. The zero-order valence-electron chi connectivity index (χ0n) is 9.61.